The number of ether oxygens (including phenoxy) is 2. The van der Waals surface area contributed by atoms with Gasteiger partial charge in [0, 0.05) is 30.9 Å². The molecule has 1 aliphatic heterocycles. The number of hydrogen-bond donors (Lipinski definition) is 1. The molecule has 1 N–H and O–H groups in total. The van der Waals surface area contributed by atoms with E-state index < -0.39 is 23.5 Å². The van der Waals surface area contributed by atoms with Crippen molar-refractivity contribution >= 4 is 22.7 Å². The predicted octanol–water partition coefficient (Wildman–Crippen LogP) is 4.23. The first kappa shape index (κ1) is 22.5. The van der Waals surface area contributed by atoms with E-state index in [1.165, 1.54) is 12.0 Å². The third-order valence-corrected chi connectivity index (χ3v) is 5.52. The molecule has 0 saturated carbocycles. The number of carbonyl (C=O) groups is 2. The van der Waals surface area contributed by atoms with Crippen molar-refractivity contribution in [2.45, 2.75) is 32.4 Å². The van der Waals surface area contributed by atoms with Gasteiger partial charge in [0.25, 0.3) is 5.91 Å². The predicted molar refractivity (Wildman–Crippen MR) is 121 cm³/mol. The van der Waals surface area contributed by atoms with E-state index in [-0.39, 0.29) is 17.4 Å². The van der Waals surface area contributed by atoms with Gasteiger partial charge in [0.05, 0.1) is 24.8 Å². The standard InChI is InChI=1S/C25H26N2O6/c1-15(2)32-13-5-12-27-21(16-8-10-26-11-9-16)20(23(29)25(27)30)22(28)19-14-17-6-4-7-18(31-3)24(17)33-19/h4,6-11,14-15,21,29H,5,12-13H2,1-3H3. The van der Waals surface area contributed by atoms with Gasteiger partial charge in [-0.1, -0.05) is 12.1 Å². The number of nitrogens with zero attached hydrogens (tertiary/aromatic N) is 2. The number of aliphatic hydroxyl groups is 1. The fraction of sp³-hybridized carbons (Fsp3) is 0.320. The summed E-state index contributed by atoms with van der Waals surface area (Å²) in [5.41, 5.74) is 1.08. The second-order valence-corrected chi connectivity index (χ2v) is 8.04. The number of ketones is 1. The topological polar surface area (TPSA) is 102 Å². The van der Waals surface area contributed by atoms with Crippen LogP contribution in [-0.2, 0) is 9.53 Å². The Morgan fingerprint density at radius 2 is 2.00 bits per heavy atom. The van der Waals surface area contributed by atoms with Crippen LogP contribution < -0.4 is 4.74 Å². The fourth-order valence-electron chi connectivity index (χ4n) is 4.00. The highest BCUT2D eigenvalue weighted by Gasteiger charge is 2.44. The lowest BCUT2D eigenvalue weighted by Gasteiger charge is -2.26. The number of amides is 1. The zero-order valence-electron chi connectivity index (χ0n) is 18.8. The number of methoxy groups -OCH3 is 1. The largest absolute Gasteiger partial charge is 0.503 e. The van der Waals surface area contributed by atoms with E-state index in [9.17, 15) is 14.7 Å². The molecule has 0 saturated heterocycles. The summed E-state index contributed by atoms with van der Waals surface area (Å²) in [5, 5.41) is 11.5. The molecule has 33 heavy (non-hydrogen) atoms. The molecule has 8 nitrogen and oxygen atoms in total. The van der Waals surface area contributed by atoms with E-state index >= 15 is 0 Å². The molecule has 1 unspecified atom stereocenters. The van der Waals surface area contributed by atoms with Crippen molar-refractivity contribution in [3.63, 3.8) is 0 Å². The number of furan rings is 1. The summed E-state index contributed by atoms with van der Waals surface area (Å²) in [6.45, 7) is 4.64. The summed E-state index contributed by atoms with van der Waals surface area (Å²) in [6.07, 6.45) is 3.80. The van der Waals surface area contributed by atoms with Crippen LogP contribution in [0.3, 0.4) is 0 Å². The molecule has 3 aromatic rings. The van der Waals surface area contributed by atoms with E-state index in [0.717, 1.165) is 0 Å². The molecular weight excluding hydrogens is 424 g/mol. The van der Waals surface area contributed by atoms with Crippen LogP contribution in [0.1, 0.15) is 42.4 Å². The number of aliphatic hydroxyl groups excluding tert-OH is 1. The van der Waals surface area contributed by atoms with Crippen molar-refractivity contribution in [2.75, 3.05) is 20.3 Å². The lowest BCUT2D eigenvalue weighted by Crippen LogP contribution is -2.32. The Bertz CT molecular complexity index is 1200. The van der Waals surface area contributed by atoms with Crippen LogP contribution >= 0.6 is 0 Å². The maximum Gasteiger partial charge on any atom is 0.290 e. The van der Waals surface area contributed by atoms with Gasteiger partial charge in [0.2, 0.25) is 5.78 Å². The molecule has 172 valence electrons. The molecule has 8 heteroatoms. The molecule has 4 rings (SSSR count). The molecule has 0 bridgehead atoms. The Morgan fingerprint density at radius 3 is 2.70 bits per heavy atom. The van der Waals surface area contributed by atoms with Crippen LogP contribution in [0.4, 0.5) is 0 Å². The molecule has 1 aromatic carbocycles. The molecule has 0 spiro atoms. The molecule has 0 aliphatic carbocycles. The Balaban J connectivity index is 1.70. The second-order valence-electron chi connectivity index (χ2n) is 8.04. The van der Waals surface area contributed by atoms with Crippen LogP contribution in [0.2, 0.25) is 0 Å². The number of aromatic nitrogens is 1. The SMILES string of the molecule is COc1cccc2cc(C(=O)C3=C(O)C(=O)N(CCCOC(C)C)C3c3ccncc3)oc12. The number of fused-ring (bicyclic) bond motifs is 1. The normalized spacial score (nSPS) is 16.3. The van der Waals surface area contributed by atoms with E-state index in [0.29, 0.717) is 41.9 Å². The smallest absolute Gasteiger partial charge is 0.290 e. The summed E-state index contributed by atoms with van der Waals surface area (Å²) in [7, 11) is 1.52. The highest BCUT2D eigenvalue weighted by molar-refractivity contribution is 6.16. The van der Waals surface area contributed by atoms with Crippen LogP contribution in [-0.4, -0.2) is 53.0 Å². The first-order valence-electron chi connectivity index (χ1n) is 10.8. The van der Waals surface area contributed by atoms with Gasteiger partial charge in [-0.2, -0.15) is 0 Å². The Labute approximate surface area is 191 Å². The Hall–Kier alpha value is -3.65. The second kappa shape index (κ2) is 9.46. The van der Waals surface area contributed by atoms with Gasteiger partial charge in [-0.3, -0.25) is 14.6 Å². The van der Waals surface area contributed by atoms with Gasteiger partial charge in [0.1, 0.15) is 0 Å². The summed E-state index contributed by atoms with van der Waals surface area (Å²) in [5.74, 6) is -1.21. The molecule has 0 fully saturated rings. The van der Waals surface area contributed by atoms with E-state index in [2.05, 4.69) is 4.98 Å². The molecule has 1 amide bonds. The maximum absolute atomic E-state index is 13.5. The highest BCUT2D eigenvalue weighted by Crippen LogP contribution is 2.40. The number of benzene rings is 1. The van der Waals surface area contributed by atoms with Crippen molar-refractivity contribution in [1.82, 2.24) is 9.88 Å². The van der Waals surface area contributed by atoms with Gasteiger partial charge in [0.15, 0.2) is 22.9 Å². The first-order valence-corrected chi connectivity index (χ1v) is 10.8. The van der Waals surface area contributed by atoms with Crippen LogP contribution in [0.15, 0.2) is 64.5 Å². The Kier molecular flexibility index (Phi) is 6.46. The summed E-state index contributed by atoms with van der Waals surface area (Å²) >= 11 is 0. The molecular formula is C25H26N2O6. The van der Waals surface area contributed by atoms with Gasteiger partial charge in [-0.05, 0) is 50.1 Å². The quantitative estimate of drug-likeness (QED) is 0.384. The Morgan fingerprint density at radius 1 is 1.24 bits per heavy atom. The molecule has 3 heterocycles. The third kappa shape index (κ3) is 4.34. The van der Waals surface area contributed by atoms with Crippen molar-refractivity contribution in [3.05, 3.63) is 71.4 Å². The number of carbonyl (C=O) groups excluding carboxylic acids is 2. The number of hydrogen-bond acceptors (Lipinski definition) is 7. The van der Waals surface area contributed by atoms with Crippen molar-refractivity contribution < 1.29 is 28.6 Å². The van der Waals surface area contributed by atoms with Crippen molar-refractivity contribution in [2.24, 2.45) is 0 Å². The minimum absolute atomic E-state index is 0.0194. The van der Waals surface area contributed by atoms with E-state index in [1.807, 2.05) is 13.8 Å². The summed E-state index contributed by atoms with van der Waals surface area (Å²) in [6, 6.07) is 9.60. The minimum atomic E-state index is -0.762. The first-order chi connectivity index (χ1) is 15.9. The minimum Gasteiger partial charge on any atom is -0.503 e. The number of Topliss-reactive ketones (excluding diaryl/α,β-unsaturated/α-hetero) is 1. The highest BCUT2D eigenvalue weighted by atomic mass is 16.5. The van der Waals surface area contributed by atoms with Crippen LogP contribution in [0, 0.1) is 0 Å². The van der Waals surface area contributed by atoms with E-state index in [1.54, 1.807) is 48.8 Å². The average Bonchev–Trinajstić information content (AvgIpc) is 3.36. The molecule has 1 aliphatic rings. The molecule has 0 radical (unpaired) electrons. The monoisotopic (exact) mass is 450 g/mol. The molecule has 2 aromatic heterocycles. The van der Waals surface area contributed by atoms with Crippen LogP contribution in [0.5, 0.6) is 5.75 Å². The lowest BCUT2D eigenvalue weighted by atomic mass is 9.95. The summed E-state index contributed by atoms with van der Waals surface area (Å²) < 4.78 is 16.7. The third-order valence-electron chi connectivity index (χ3n) is 5.52. The van der Waals surface area contributed by atoms with Crippen molar-refractivity contribution in [3.8, 4) is 5.75 Å². The number of rotatable bonds is 9. The summed E-state index contributed by atoms with van der Waals surface area (Å²) in [4.78, 5) is 32.1. The number of para-hydroxylation sites is 1. The number of pyridine rings is 1. The van der Waals surface area contributed by atoms with E-state index in [4.69, 9.17) is 13.9 Å². The fourth-order valence-corrected chi connectivity index (χ4v) is 4.00. The van der Waals surface area contributed by atoms with Crippen molar-refractivity contribution in [1.29, 1.82) is 0 Å². The zero-order valence-corrected chi connectivity index (χ0v) is 18.8. The molecule has 1 atom stereocenters. The van der Waals surface area contributed by atoms with Gasteiger partial charge < -0.3 is 23.9 Å². The maximum atomic E-state index is 13.5. The van der Waals surface area contributed by atoms with Gasteiger partial charge in [-0.15, -0.1) is 0 Å². The zero-order chi connectivity index (χ0) is 23.5. The van der Waals surface area contributed by atoms with Gasteiger partial charge in [-0.25, -0.2) is 0 Å². The van der Waals surface area contributed by atoms with Crippen LogP contribution in [0.25, 0.3) is 11.0 Å². The lowest BCUT2D eigenvalue weighted by molar-refractivity contribution is -0.129. The van der Waals surface area contributed by atoms with Gasteiger partial charge >= 0.3 is 0 Å². The average molecular weight is 450 g/mol.